The lowest BCUT2D eigenvalue weighted by Gasteiger charge is -1.89. The van der Waals surface area contributed by atoms with Crippen molar-refractivity contribution in [3.05, 3.63) is 13.8 Å². The van der Waals surface area contributed by atoms with Crippen molar-refractivity contribution in [3.8, 4) is 0 Å². The Morgan fingerprint density at radius 1 is 1.14 bits per heavy atom. The molecule has 0 aromatic carbocycles. The van der Waals surface area contributed by atoms with E-state index in [1.807, 2.05) is 0 Å². The van der Waals surface area contributed by atoms with Crippen molar-refractivity contribution in [3.63, 3.8) is 0 Å². The summed E-state index contributed by atoms with van der Waals surface area (Å²) in [5, 5.41) is 0. The van der Waals surface area contributed by atoms with Crippen LogP contribution in [0.25, 0.3) is 0 Å². The molecule has 2 radical (unpaired) electrons. The van der Waals surface area contributed by atoms with Gasteiger partial charge in [0.25, 0.3) is 0 Å². The van der Waals surface area contributed by atoms with E-state index in [2.05, 4.69) is 13.8 Å². The zero-order valence-corrected chi connectivity index (χ0v) is 4.87. The van der Waals surface area contributed by atoms with Gasteiger partial charge in [0, 0.05) is 0 Å². The van der Waals surface area contributed by atoms with Gasteiger partial charge in [-0.3, -0.25) is 0 Å². The minimum absolute atomic E-state index is 0.0451. The fourth-order valence-corrected chi connectivity index (χ4v) is 0.306. The molecule has 42 valence electrons. The van der Waals surface area contributed by atoms with Gasteiger partial charge in [-0.2, -0.15) is 0 Å². The summed E-state index contributed by atoms with van der Waals surface area (Å²) in [7, 11) is -2.88. The minimum Gasteiger partial charge on any atom is -0.229 e. The summed E-state index contributed by atoms with van der Waals surface area (Å²) >= 11 is 0. The van der Waals surface area contributed by atoms with Crippen LogP contribution in [-0.2, 0) is 9.84 Å². The second-order valence-electron chi connectivity index (χ2n) is 1.15. The van der Waals surface area contributed by atoms with Crippen LogP contribution in [0.15, 0.2) is 0 Å². The maximum Gasteiger partial charge on any atom is 0.150 e. The van der Waals surface area contributed by atoms with E-state index in [-0.39, 0.29) is 11.5 Å². The zero-order valence-electron chi connectivity index (χ0n) is 4.05. The molecule has 0 aromatic heterocycles. The predicted molar refractivity (Wildman–Crippen MR) is 29.4 cm³/mol. The Morgan fingerprint density at radius 2 is 1.43 bits per heavy atom. The molecule has 0 aromatic rings. The maximum atomic E-state index is 10.2. The molecule has 0 fully saturated rings. The minimum atomic E-state index is -2.88. The molecular weight excluding hydrogens is 112 g/mol. The predicted octanol–water partition coefficient (Wildman–Crippen LogP) is 0.0694. The SMILES string of the molecule is [CH2]CS(=O)(=O)C[CH2]. The molecule has 0 bridgehead atoms. The van der Waals surface area contributed by atoms with Crippen LogP contribution in [0.5, 0.6) is 0 Å². The molecule has 0 aliphatic carbocycles. The number of sulfone groups is 1. The van der Waals surface area contributed by atoms with E-state index in [1.165, 1.54) is 0 Å². The quantitative estimate of drug-likeness (QED) is 0.516. The maximum absolute atomic E-state index is 10.2. The van der Waals surface area contributed by atoms with Crippen LogP contribution in [0.3, 0.4) is 0 Å². The van der Waals surface area contributed by atoms with Crippen LogP contribution in [-0.4, -0.2) is 19.9 Å². The van der Waals surface area contributed by atoms with Crippen molar-refractivity contribution >= 4 is 9.84 Å². The van der Waals surface area contributed by atoms with Crippen LogP contribution >= 0.6 is 0 Å². The Balaban J connectivity index is 3.89. The van der Waals surface area contributed by atoms with Gasteiger partial charge in [0.15, 0.2) is 0 Å². The van der Waals surface area contributed by atoms with Crippen molar-refractivity contribution in [2.24, 2.45) is 0 Å². The molecule has 0 saturated heterocycles. The first-order chi connectivity index (χ1) is 3.12. The molecule has 0 heterocycles. The van der Waals surface area contributed by atoms with Crippen molar-refractivity contribution in [2.45, 2.75) is 0 Å². The first kappa shape index (κ1) is 6.95. The molecule has 0 rings (SSSR count). The Hall–Kier alpha value is -0.0500. The molecule has 0 N–H and O–H groups in total. The van der Waals surface area contributed by atoms with Crippen LogP contribution in [0, 0.1) is 13.8 Å². The summed E-state index contributed by atoms with van der Waals surface area (Å²) in [6.45, 7) is 6.40. The average molecular weight is 120 g/mol. The van der Waals surface area contributed by atoms with Gasteiger partial charge in [0.05, 0.1) is 11.5 Å². The molecule has 0 saturated carbocycles. The Kier molecular flexibility index (Phi) is 2.29. The molecule has 0 amide bonds. The molecule has 0 unspecified atom stereocenters. The molecular formula is C4H8O2S. The van der Waals surface area contributed by atoms with Gasteiger partial charge < -0.3 is 0 Å². The fraction of sp³-hybridized carbons (Fsp3) is 0.500. The molecule has 0 spiro atoms. The van der Waals surface area contributed by atoms with Crippen molar-refractivity contribution in [1.29, 1.82) is 0 Å². The van der Waals surface area contributed by atoms with Gasteiger partial charge in [-0.1, -0.05) is 0 Å². The van der Waals surface area contributed by atoms with Crippen LogP contribution in [0.4, 0.5) is 0 Å². The summed E-state index contributed by atoms with van der Waals surface area (Å²) < 4.78 is 20.5. The smallest absolute Gasteiger partial charge is 0.150 e. The number of hydrogen-bond acceptors (Lipinski definition) is 2. The monoisotopic (exact) mass is 120 g/mol. The van der Waals surface area contributed by atoms with Crippen LogP contribution in [0.2, 0.25) is 0 Å². The van der Waals surface area contributed by atoms with Gasteiger partial charge in [0.1, 0.15) is 9.84 Å². The van der Waals surface area contributed by atoms with E-state index in [1.54, 1.807) is 0 Å². The molecule has 7 heavy (non-hydrogen) atoms. The van der Waals surface area contributed by atoms with E-state index < -0.39 is 9.84 Å². The summed E-state index contributed by atoms with van der Waals surface area (Å²) in [5.74, 6) is -0.0903. The highest BCUT2D eigenvalue weighted by Gasteiger charge is 1.99. The van der Waals surface area contributed by atoms with Gasteiger partial charge in [-0.25, -0.2) is 8.42 Å². The van der Waals surface area contributed by atoms with Gasteiger partial charge >= 0.3 is 0 Å². The third kappa shape index (κ3) is 2.62. The van der Waals surface area contributed by atoms with Crippen LogP contribution < -0.4 is 0 Å². The van der Waals surface area contributed by atoms with Gasteiger partial charge in [-0.05, 0) is 13.8 Å². The number of hydrogen-bond donors (Lipinski definition) is 0. The van der Waals surface area contributed by atoms with Gasteiger partial charge in [0.2, 0.25) is 0 Å². The Bertz CT molecular complexity index is 113. The van der Waals surface area contributed by atoms with E-state index in [0.29, 0.717) is 0 Å². The molecule has 3 heteroatoms. The average Bonchev–Trinajstić information content (AvgIpc) is 1.68. The lowest BCUT2D eigenvalue weighted by atomic mass is 11.0. The highest BCUT2D eigenvalue weighted by molar-refractivity contribution is 7.91. The Labute approximate surface area is 44.5 Å². The Morgan fingerprint density at radius 3 is 1.43 bits per heavy atom. The lowest BCUT2D eigenvalue weighted by Crippen LogP contribution is -2.04. The normalized spacial score (nSPS) is 11.7. The topological polar surface area (TPSA) is 34.1 Å². The third-order valence-corrected chi connectivity index (χ3v) is 1.87. The molecule has 2 nitrogen and oxygen atoms in total. The second-order valence-corrected chi connectivity index (χ2v) is 3.46. The summed E-state index contributed by atoms with van der Waals surface area (Å²) in [6.07, 6.45) is 0. The second kappa shape index (κ2) is 2.31. The molecule has 0 aliphatic heterocycles. The van der Waals surface area contributed by atoms with Crippen molar-refractivity contribution < 1.29 is 8.42 Å². The van der Waals surface area contributed by atoms with E-state index in [4.69, 9.17) is 0 Å². The third-order valence-electron chi connectivity index (χ3n) is 0.622. The number of rotatable bonds is 2. The van der Waals surface area contributed by atoms with Crippen molar-refractivity contribution in [2.75, 3.05) is 11.5 Å². The van der Waals surface area contributed by atoms with E-state index in [9.17, 15) is 8.42 Å². The molecule has 0 aliphatic rings. The van der Waals surface area contributed by atoms with Crippen LogP contribution in [0.1, 0.15) is 0 Å². The van der Waals surface area contributed by atoms with E-state index >= 15 is 0 Å². The zero-order chi connectivity index (χ0) is 5.91. The highest BCUT2D eigenvalue weighted by Crippen LogP contribution is 1.83. The first-order valence-corrected chi connectivity index (χ1v) is 3.73. The highest BCUT2D eigenvalue weighted by atomic mass is 32.2. The largest absolute Gasteiger partial charge is 0.229 e. The summed E-state index contributed by atoms with van der Waals surface area (Å²) in [5.41, 5.74) is 0. The fourth-order valence-electron chi connectivity index (χ4n) is 0.102. The van der Waals surface area contributed by atoms with Crippen molar-refractivity contribution in [1.82, 2.24) is 0 Å². The molecule has 0 atom stereocenters. The van der Waals surface area contributed by atoms with E-state index in [0.717, 1.165) is 0 Å². The van der Waals surface area contributed by atoms with Gasteiger partial charge in [-0.15, -0.1) is 0 Å². The standard InChI is InChI=1S/C4H8O2S/c1-3-7(5,6)4-2/h1-4H2. The lowest BCUT2D eigenvalue weighted by molar-refractivity contribution is 0.601. The summed E-state index contributed by atoms with van der Waals surface area (Å²) in [4.78, 5) is 0. The summed E-state index contributed by atoms with van der Waals surface area (Å²) in [6, 6.07) is 0. The first-order valence-electron chi connectivity index (χ1n) is 1.91.